The molecule has 0 spiro atoms. The van der Waals surface area contributed by atoms with Gasteiger partial charge in [-0.15, -0.1) is 0 Å². The number of carbonyl (C=O) groups is 1. The Morgan fingerprint density at radius 1 is 1.38 bits per heavy atom. The Bertz CT molecular complexity index is 677. The van der Waals surface area contributed by atoms with Crippen molar-refractivity contribution < 1.29 is 9.53 Å². The number of nitrogens with one attached hydrogen (secondary N) is 1. The Hall–Kier alpha value is -1.98. The molecule has 3 N–H and O–H groups in total. The van der Waals surface area contributed by atoms with Crippen molar-refractivity contribution in [2.75, 3.05) is 17.7 Å². The predicted octanol–water partition coefficient (Wildman–Crippen LogP) is 3.89. The fourth-order valence-corrected chi connectivity index (χ4v) is 1.99. The average Bonchev–Trinajstić information content (AvgIpc) is 2.45. The lowest BCUT2D eigenvalue weighted by Crippen LogP contribution is -2.09. The number of hydrogen-bond acceptors (Lipinski definition) is 5. The maximum atomic E-state index is 11.8. The summed E-state index contributed by atoms with van der Waals surface area (Å²) in [4.78, 5) is 15.9. The van der Waals surface area contributed by atoms with Gasteiger partial charge < -0.3 is 15.8 Å². The molecule has 0 atom stereocenters. The third-order valence-corrected chi connectivity index (χ3v) is 3.19. The maximum Gasteiger partial charge on any atom is 0.340 e. The predicted molar refractivity (Wildman–Crippen MR) is 84.4 cm³/mol. The van der Waals surface area contributed by atoms with Crippen molar-refractivity contribution >= 4 is 46.4 Å². The van der Waals surface area contributed by atoms with Gasteiger partial charge in [-0.25, -0.2) is 9.78 Å². The molecule has 7 heteroatoms. The molecule has 0 saturated heterocycles. The number of nitrogens with zero attached hydrogens (tertiary/aromatic N) is 1. The van der Waals surface area contributed by atoms with Crippen LogP contribution in [0.4, 0.5) is 17.2 Å². The van der Waals surface area contributed by atoms with Crippen LogP contribution in [0.2, 0.25) is 10.0 Å². The van der Waals surface area contributed by atoms with E-state index in [4.69, 9.17) is 33.7 Å². The van der Waals surface area contributed by atoms with Crippen LogP contribution in [0.25, 0.3) is 0 Å². The van der Waals surface area contributed by atoms with Gasteiger partial charge in [0.1, 0.15) is 5.82 Å². The van der Waals surface area contributed by atoms with Crippen molar-refractivity contribution in [2.45, 2.75) is 6.92 Å². The van der Waals surface area contributed by atoms with E-state index in [0.717, 1.165) is 0 Å². The van der Waals surface area contributed by atoms with E-state index < -0.39 is 5.97 Å². The first kappa shape index (κ1) is 15.4. The van der Waals surface area contributed by atoms with Crippen molar-refractivity contribution in [1.29, 1.82) is 0 Å². The molecule has 0 saturated carbocycles. The molecule has 0 unspecified atom stereocenters. The smallest absolute Gasteiger partial charge is 0.340 e. The number of ether oxygens (including phenoxy) is 1. The highest BCUT2D eigenvalue weighted by Gasteiger charge is 2.13. The molecule has 0 aliphatic heterocycles. The third kappa shape index (κ3) is 3.77. The Labute approximate surface area is 132 Å². The van der Waals surface area contributed by atoms with Crippen molar-refractivity contribution in [2.24, 2.45) is 0 Å². The second kappa shape index (κ2) is 6.65. The molecule has 0 aliphatic rings. The summed E-state index contributed by atoms with van der Waals surface area (Å²) in [7, 11) is 0. The van der Waals surface area contributed by atoms with E-state index in [2.05, 4.69) is 10.3 Å². The number of rotatable bonds is 4. The Kier molecular flexibility index (Phi) is 4.88. The van der Waals surface area contributed by atoms with Gasteiger partial charge in [0.15, 0.2) is 0 Å². The fraction of sp³-hybridized carbons (Fsp3) is 0.143. The van der Waals surface area contributed by atoms with E-state index in [-0.39, 0.29) is 17.9 Å². The fourth-order valence-electron chi connectivity index (χ4n) is 1.65. The lowest BCUT2D eigenvalue weighted by atomic mass is 10.2. The number of benzene rings is 1. The molecule has 0 amide bonds. The molecule has 1 aromatic heterocycles. The van der Waals surface area contributed by atoms with Crippen LogP contribution in [0.3, 0.4) is 0 Å². The van der Waals surface area contributed by atoms with E-state index >= 15 is 0 Å². The van der Waals surface area contributed by atoms with Crippen LogP contribution in [0.1, 0.15) is 17.3 Å². The number of halogens is 2. The number of nitrogens with two attached hydrogens (primary N) is 1. The van der Waals surface area contributed by atoms with Crippen LogP contribution < -0.4 is 11.1 Å². The van der Waals surface area contributed by atoms with Gasteiger partial charge in [0.2, 0.25) is 0 Å². The number of anilines is 3. The van der Waals surface area contributed by atoms with E-state index in [0.29, 0.717) is 21.6 Å². The van der Waals surface area contributed by atoms with Crippen molar-refractivity contribution in [3.8, 4) is 0 Å². The molecule has 0 radical (unpaired) electrons. The number of nitrogen functional groups attached to an aromatic ring is 1. The zero-order valence-electron chi connectivity index (χ0n) is 11.2. The summed E-state index contributed by atoms with van der Waals surface area (Å²) in [6.07, 6.45) is 1.38. The minimum atomic E-state index is -0.502. The van der Waals surface area contributed by atoms with Gasteiger partial charge in [-0.1, -0.05) is 23.2 Å². The van der Waals surface area contributed by atoms with Crippen LogP contribution >= 0.6 is 23.2 Å². The van der Waals surface area contributed by atoms with Gasteiger partial charge >= 0.3 is 5.97 Å². The molecule has 2 rings (SSSR count). The standard InChI is InChI=1S/C14H13Cl2N3O2/c1-2-21-14(20)9-6-13(18-7-11(9)17)19-12-5-8(15)3-4-10(12)16/h3-7H,2,17H2,1H3,(H,18,19). The summed E-state index contributed by atoms with van der Waals surface area (Å²) in [6, 6.07) is 6.50. The zero-order chi connectivity index (χ0) is 15.4. The number of carbonyl (C=O) groups excluding carboxylic acids is 1. The average molecular weight is 326 g/mol. The Morgan fingerprint density at radius 2 is 2.14 bits per heavy atom. The van der Waals surface area contributed by atoms with Gasteiger partial charge in [-0.05, 0) is 31.2 Å². The highest BCUT2D eigenvalue weighted by atomic mass is 35.5. The number of esters is 1. The number of aromatic nitrogens is 1. The van der Waals surface area contributed by atoms with Crippen molar-refractivity contribution in [1.82, 2.24) is 4.98 Å². The lowest BCUT2D eigenvalue weighted by Gasteiger charge is -2.10. The summed E-state index contributed by atoms with van der Waals surface area (Å²) >= 11 is 12.0. The number of hydrogen-bond donors (Lipinski definition) is 2. The summed E-state index contributed by atoms with van der Waals surface area (Å²) in [5, 5.41) is 4.00. The highest BCUT2D eigenvalue weighted by Crippen LogP contribution is 2.28. The lowest BCUT2D eigenvalue weighted by molar-refractivity contribution is 0.0527. The van der Waals surface area contributed by atoms with Gasteiger partial charge in [-0.2, -0.15) is 0 Å². The molecule has 2 aromatic rings. The van der Waals surface area contributed by atoms with E-state index in [1.807, 2.05) is 0 Å². The molecule has 0 bridgehead atoms. The molecular weight excluding hydrogens is 313 g/mol. The minimum absolute atomic E-state index is 0.243. The number of pyridine rings is 1. The maximum absolute atomic E-state index is 11.8. The summed E-state index contributed by atoms with van der Waals surface area (Å²) < 4.78 is 4.94. The zero-order valence-corrected chi connectivity index (χ0v) is 12.7. The topological polar surface area (TPSA) is 77.2 Å². The molecule has 5 nitrogen and oxygen atoms in total. The Morgan fingerprint density at radius 3 is 2.86 bits per heavy atom. The minimum Gasteiger partial charge on any atom is -0.462 e. The summed E-state index contributed by atoms with van der Waals surface area (Å²) in [6.45, 7) is 1.99. The quantitative estimate of drug-likeness (QED) is 0.834. The largest absolute Gasteiger partial charge is 0.462 e. The van der Waals surface area contributed by atoms with E-state index in [9.17, 15) is 4.79 Å². The van der Waals surface area contributed by atoms with Crippen LogP contribution in [-0.4, -0.2) is 17.6 Å². The SMILES string of the molecule is CCOC(=O)c1cc(Nc2cc(Cl)ccc2Cl)ncc1N. The van der Waals surface area contributed by atoms with Gasteiger partial charge in [0.25, 0.3) is 0 Å². The molecule has 0 fully saturated rings. The molecule has 0 aliphatic carbocycles. The van der Waals surface area contributed by atoms with Gasteiger partial charge in [-0.3, -0.25) is 0 Å². The second-order valence-electron chi connectivity index (χ2n) is 4.13. The first-order chi connectivity index (χ1) is 10.0. The summed E-state index contributed by atoms with van der Waals surface area (Å²) in [5.41, 5.74) is 6.80. The molecule has 1 aromatic carbocycles. The first-order valence-corrected chi connectivity index (χ1v) is 6.91. The van der Waals surface area contributed by atoms with Gasteiger partial charge in [0, 0.05) is 5.02 Å². The molecule has 110 valence electrons. The van der Waals surface area contributed by atoms with Crippen molar-refractivity contribution in [3.05, 3.63) is 46.1 Å². The van der Waals surface area contributed by atoms with E-state index in [1.54, 1.807) is 25.1 Å². The van der Waals surface area contributed by atoms with Crippen LogP contribution in [0, 0.1) is 0 Å². The Balaban J connectivity index is 2.31. The highest BCUT2D eigenvalue weighted by molar-refractivity contribution is 6.35. The monoisotopic (exact) mass is 325 g/mol. The molecular formula is C14H13Cl2N3O2. The van der Waals surface area contributed by atoms with Crippen LogP contribution in [0.5, 0.6) is 0 Å². The van der Waals surface area contributed by atoms with Crippen molar-refractivity contribution in [3.63, 3.8) is 0 Å². The van der Waals surface area contributed by atoms with E-state index in [1.165, 1.54) is 12.3 Å². The van der Waals surface area contributed by atoms with Gasteiger partial charge in [0.05, 0.1) is 34.8 Å². The van der Waals surface area contributed by atoms with Crippen LogP contribution in [-0.2, 0) is 4.74 Å². The molecule has 21 heavy (non-hydrogen) atoms. The summed E-state index contributed by atoms with van der Waals surface area (Å²) in [5.74, 6) is -0.0888. The third-order valence-electron chi connectivity index (χ3n) is 2.62. The second-order valence-corrected chi connectivity index (χ2v) is 4.97. The van der Waals surface area contributed by atoms with Crippen LogP contribution in [0.15, 0.2) is 30.5 Å². The first-order valence-electron chi connectivity index (χ1n) is 6.16. The normalized spacial score (nSPS) is 10.2. The molecule has 1 heterocycles.